The third-order valence-electron chi connectivity index (χ3n) is 7.06. The number of anilines is 3. The zero-order chi connectivity index (χ0) is 29.5. The molecule has 2 unspecified atom stereocenters. The van der Waals surface area contributed by atoms with Gasteiger partial charge in [-0.05, 0) is 92.7 Å². The Labute approximate surface area is 260 Å². The van der Waals surface area contributed by atoms with Gasteiger partial charge in [0.15, 0.2) is 5.11 Å². The molecule has 2 atom stereocenters. The van der Waals surface area contributed by atoms with E-state index in [1.165, 1.54) is 28.7 Å². The number of para-hydroxylation sites is 1. The van der Waals surface area contributed by atoms with Gasteiger partial charge in [0, 0.05) is 21.1 Å². The predicted octanol–water partition coefficient (Wildman–Crippen LogP) is 8.13. The minimum atomic E-state index is -0.402. The highest BCUT2D eigenvalue weighted by Gasteiger charge is 2.31. The van der Waals surface area contributed by atoms with Crippen LogP contribution in [0.5, 0.6) is 0 Å². The van der Waals surface area contributed by atoms with Crippen molar-refractivity contribution in [2.24, 2.45) is 0 Å². The van der Waals surface area contributed by atoms with Crippen LogP contribution in [0.4, 0.5) is 16.4 Å². The van der Waals surface area contributed by atoms with E-state index in [-0.39, 0.29) is 18.5 Å². The first-order chi connectivity index (χ1) is 20.4. The summed E-state index contributed by atoms with van der Waals surface area (Å²) < 4.78 is 5.41. The Kier molecular flexibility index (Phi) is 9.94. The number of carbonyl (C=O) groups is 2. The zero-order valence-corrected chi connectivity index (χ0v) is 26.0. The molecule has 0 fully saturated rings. The summed E-state index contributed by atoms with van der Waals surface area (Å²) in [6.07, 6.45) is 2.58. The minimum absolute atomic E-state index is 0.164. The first kappa shape index (κ1) is 29.8. The quantitative estimate of drug-likeness (QED) is 0.0997. The van der Waals surface area contributed by atoms with Crippen LogP contribution in [0, 0.1) is 0 Å². The van der Waals surface area contributed by atoms with E-state index in [1.807, 2.05) is 67.6 Å². The van der Waals surface area contributed by atoms with Crippen LogP contribution in [0.3, 0.4) is 0 Å². The molecule has 0 saturated heterocycles. The molecule has 1 amide bonds. The van der Waals surface area contributed by atoms with Gasteiger partial charge in [0.1, 0.15) is 5.00 Å². The highest BCUT2D eigenvalue weighted by molar-refractivity contribution is 8.00. The van der Waals surface area contributed by atoms with Gasteiger partial charge in [0.25, 0.3) is 0 Å². The van der Waals surface area contributed by atoms with Crippen LogP contribution in [0.25, 0.3) is 0 Å². The largest absolute Gasteiger partial charge is 0.462 e. The van der Waals surface area contributed by atoms with Gasteiger partial charge in [-0.15, -0.1) is 23.1 Å². The van der Waals surface area contributed by atoms with Crippen LogP contribution in [-0.2, 0) is 22.4 Å². The first-order valence-corrected chi connectivity index (χ1v) is 16.1. The van der Waals surface area contributed by atoms with Gasteiger partial charge in [-0.2, -0.15) is 0 Å². The molecule has 0 saturated carbocycles. The lowest BCUT2D eigenvalue weighted by Crippen LogP contribution is -2.23. The number of amides is 1. The van der Waals surface area contributed by atoms with Gasteiger partial charge in [-0.3, -0.25) is 4.79 Å². The number of rotatable bonds is 9. The van der Waals surface area contributed by atoms with Gasteiger partial charge in [0.2, 0.25) is 5.91 Å². The highest BCUT2D eigenvalue weighted by Crippen LogP contribution is 2.43. The van der Waals surface area contributed by atoms with Gasteiger partial charge >= 0.3 is 5.97 Å². The molecular weight excluding hydrogens is 583 g/mol. The van der Waals surface area contributed by atoms with Crippen molar-refractivity contribution >= 4 is 68.7 Å². The molecule has 216 valence electrons. The van der Waals surface area contributed by atoms with Crippen molar-refractivity contribution in [3.05, 3.63) is 106 Å². The molecule has 6 nitrogen and oxygen atoms in total. The second-order valence-corrected chi connectivity index (χ2v) is 12.9. The van der Waals surface area contributed by atoms with E-state index in [0.717, 1.165) is 46.0 Å². The number of carbonyl (C=O) groups excluding carboxylic acids is 2. The molecule has 0 radical (unpaired) electrons. The highest BCUT2D eigenvalue weighted by atomic mass is 32.2. The van der Waals surface area contributed by atoms with Crippen molar-refractivity contribution in [3.63, 3.8) is 0 Å². The number of thiocarbonyl (C=S) groups is 1. The third kappa shape index (κ3) is 7.40. The Morgan fingerprint density at radius 1 is 0.976 bits per heavy atom. The second-order valence-electron chi connectivity index (χ2n) is 10.0. The van der Waals surface area contributed by atoms with E-state index in [9.17, 15) is 9.59 Å². The number of hydrogen-bond donors (Lipinski definition) is 3. The molecule has 42 heavy (non-hydrogen) atoms. The third-order valence-corrected chi connectivity index (χ3v) is 9.53. The minimum Gasteiger partial charge on any atom is -0.462 e. The standard InChI is InChI=1S/C33H33N3O3S3/c1-3-39-32(38)29-27-18-17-23(22-11-6-4-7-12-22)19-28(27)42-31(29)36-30(37)21(2)41-26-16-10-15-25(20-26)35-33(40)34-24-13-8-5-9-14-24/h4-16,20-21,23H,3,17-19H2,1-2H3,(H,36,37)(H2,34,35,40). The Bertz CT molecular complexity index is 1560. The average Bonchev–Trinajstić information content (AvgIpc) is 3.35. The molecule has 1 heterocycles. The maximum absolute atomic E-state index is 13.4. The Morgan fingerprint density at radius 3 is 2.40 bits per heavy atom. The van der Waals surface area contributed by atoms with Gasteiger partial charge in [-0.1, -0.05) is 54.6 Å². The molecule has 9 heteroatoms. The monoisotopic (exact) mass is 615 g/mol. The van der Waals surface area contributed by atoms with Gasteiger partial charge in [-0.25, -0.2) is 4.79 Å². The average molecular weight is 616 g/mol. The molecular formula is C33H33N3O3S3. The van der Waals surface area contributed by atoms with Crippen molar-refractivity contribution in [2.75, 3.05) is 22.6 Å². The van der Waals surface area contributed by atoms with Crippen LogP contribution in [0.1, 0.15) is 52.5 Å². The number of ether oxygens (including phenoxy) is 1. The van der Waals surface area contributed by atoms with E-state index in [2.05, 4.69) is 40.2 Å². The number of hydrogen-bond acceptors (Lipinski definition) is 6. The van der Waals surface area contributed by atoms with Crippen LogP contribution >= 0.6 is 35.3 Å². The molecule has 1 aromatic heterocycles. The van der Waals surface area contributed by atoms with Crippen molar-refractivity contribution in [2.45, 2.75) is 49.2 Å². The van der Waals surface area contributed by atoms with E-state index < -0.39 is 5.25 Å². The van der Waals surface area contributed by atoms with Crippen molar-refractivity contribution < 1.29 is 14.3 Å². The summed E-state index contributed by atoms with van der Waals surface area (Å²) in [5.74, 6) is -0.145. The van der Waals surface area contributed by atoms with Crippen molar-refractivity contribution in [1.29, 1.82) is 0 Å². The SMILES string of the molecule is CCOC(=O)c1c(NC(=O)C(C)Sc2cccc(NC(=S)Nc3ccccc3)c2)sc2c1CCC(c1ccccc1)C2. The number of esters is 1. The fourth-order valence-electron chi connectivity index (χ4n) is 5.04. The van der Waals surface area contributed by atoms with E-state index in [1.54, 1.807) is 6.92 Å². The lowest BCUT2D eigenvalue weighted by molar-refractivity contribution is -0.115. The molecule has 0 spiro atoms. The van der Waals surface area contributed by atoms with E-state index >= 15 is 0 Å². The number of benzene rings is 3. The lowest BCUT2D eigenvalue weighted by Gasteiger charge is -2.23. The molecule has 0 bridgehead atoms. The summed E-state index contributed by atoms with van der Waals surface area (Å²) in [4.78, 5) is 28.5. The summed E-state index contributed by atoms with van der Waals surface area (Å²) in [7, 11) is 0. The number of thioether (sulfide) groups is 1. The summed E-state index contributed by atoms with van der Waals surface area (Å²) in [5.41, 5.74) is 4.56. The maximum atomic E-state index is 13.4. The number of nitrogens with one attached hydrogen (secondary N) is 3. The fraction of sp³-hybridized carbons (Fsp3) is 0.242. The Morgan fingerprint density at radius 2 is 1.67 bits per heavy atom. The van der Waals surface area contributed by atoms with Gasteiger partial charge < -0.3 is 20.7 Å². The molecule has 3 aromatic carbocycles. The van der Waals surface area contributed by atoms with E-state index in [4.69, 9.17) is 17.0 Å². The topological polar surface area (TPSA) is 79.5 Å². The van der Waals surface area contributed by atoms with Crippen LogP contribution < -0.4 is 16.0 Å². The summed E-state index contributed by atoms with van der Waals surface area (Å²) in [6.45, 7) is 3.95. The molecule has 5 rings (SSSR count). The fourth-order valence-corrected chi connectivity index (χ4v) is 7.52. The van der Waals surface area contributed by atoms with E-state index in [0.29, 0.717) is 21.6 Å². The first-order valence-electron chi connectivity index (χ1n) is 14.0. The van der Waals surface area contributed by atoms with Crippen LogP contribution in [-0.4, -0.2) is 28.8 Å². The second kappa shape index (κ2) is 14.0. The molecule has 3 N–H and O–H groups in total. The molecule has 1 aliphatic rings. The number of fused-ring (bicyclic) bond motifs is 1. The normalized spacial score (nSPS) is 14.8. The smallest absolute Gasteiger partial charge is 0.341 e. The maximum Gasteiger partial charge on any atom is 0.341 e. The van der Waals surface area contributed by atoms with Crippen molar-refractivity contribution in [1.82, 2.24) is 0 Å². The van der Waals surface area contributed by atoms with Crippen LogP contribution in [0.2, 0.25) is 0 Å². The lowest BCUT2D eigenvalue weighted by atomic mass is 9.83. The van der Waals surface area contributed by atoms with Crippen LogP contribution in [0.15, 0.2) is 89.8 Å². The Balaban J connectivity index is 1.26. The molecule has 4 aromatic rings. The number of thiophene rings is 1. The Hall–Kier alpha value is -3.66. The predicted molar refractivity (Wildman–Crippen MR) is 178 cm³/mol. The summed E-state index contributed by atoms with van der Waals surface area (Å²) in [6, 6.07) is 28.0. The molecule has 1 aliphatic carbocycles. The summed E-state index contributed by atoms with van der Waals surface area (Å²) >= 11 is 8.41. The summed E-state index contributed by atoms with van der Waals surface area (Å²) in [5, 5.41) is 10.1. The molecule has 0 aliphatic heterocycles. The van der Waals surface area contributed by atoms with Crippen molar-refractivity contribution in [3.8, 4) is 0 Å². The zero-order valence-electron chi connectivity index (χ0n) is 23.5. The van der Waals surface area contributed by atoms with Gasteiger partial charge in [0.05, 0.1) is 17.4 Å².